The standard InChI is InChI=1S/C15H24N2O/c1-13-3-4-15(11-14(13)2)12-16-5-6-17-7-9-18-10-8-17/h3-4,11,16H,5-10,12H2,1-2H3. The third-order valence-electron chi connectivity index (χ3n) is 3.61. The Kier molecular flexibility index (Phi) is 5.17. The SMILES string of the molecule is Cc1ccc(CNCCN2CCOCC2)cc1C. The number of benzene rings is 1. The van der Waals surface area contributed by atoms with Crippen molar-refractivity contribution in [3.63, 3.8) is 0 Å². The first kappa shape index (κ1) is 13.5. The molecule has 100 valence electrons. The topological polar surface area (TPSA) is 24.5 Å². The Hall–Kier alpha value is -0.900. The van der Waals surface area contributed by atoms with Crippen molar-refractivity contribution in [2.45, 2.75) is 20.4 Å². The highest BCUT2D eigenvalue weighted by Crippen LogP contribution is 2.09. The van der Waals surface area contributed by atoms with Crippen LogP contribution in [0.3, 0.4) is 0 Å². The second-order valence-corrected chi connectivity index (χ2v) is 5.05. The highest BCUT2D eigenvalue weighted by molar-refractivity contribution is 5.29. The Morgan fingerprint density at radius 3 is 2.67 bits per heavy atom. The van der Waals surface area contributed by atoms with Crippen molar-refractivity contribution in [2.24, 2.45) is 0 Å². The van der Waals surface area contributed by atoms with Gasteiger partial charge in [-0.1, -0.05) is 18.2 Å². The molecule has 0 bridgehead atoms. The number of aryl methyl sites for hydroxylation is 2. The largest absolute Gasteiger partial charge is 0.379 e. The van der Waals surface area contributed by atoms with Crippen LogP contribution < -0.4 is 5.32 Å². The summed E-state index contributed by atoms with van der Waals surface area (Å²) in [6.07, 6.45) is 0. The van der Waals surface area contributed by atoms with E-state index in [4.69, 9.17) is 4.74 Å². The first-order valence-corrected chi connectivity index (χ1v) is 6.82. The van der Waals surface area contributed by atoms with Crippen LogP contribution in [0.1, 0.15) is 16.7 Å². The van der Waals surface area contributed by atoms with E-state index in [0.717, 1.165) is 45.9 Å². The molecule has 0 aromatic heterocycles. The van der Waals surface area contributed by atoms with Crippen LogP contribution in [0.2, 0.25) is 0 Å². The molecule has 0 amide bonds. The lowest BCUT2D eigenvalue weighted by molar-refractivity contribution is 0.0384. The molecule has 1 aliphatic heterocycles. The summed E-state index contributed by atoms with van der Waals surface area (Å²) in [6, 6.07) is 6.69. The molecule has 1 fully saturated rings. The Bertz CT molecular complexity index is 373. The van der Waals surface area contributed by atoms with Gasteiger partial charge in [0.05, 0.1) is 13.2 Å². The van der Waals surface area contributed by atoms with Crippen LogP contribution in [0.25, 0.3) is 0 Å². The summed E-state index contributed by atoms with van der Waals surface area (Å²) in [6.45, 7) is 11.4. The van der Waals surface area contributed by atoms with Gasteiger partial charge in [0, 0.05) is 32.7 Å². The summed E-state index contributed by atoms with van der Waals surface area (Å²) < 4.78 is 5.34. The Morgan fingerprint density at radius 2 is 1.94 bits per heavy atom. The number of nitrogens with one attached hydrogen (secondary N) is 1. The minimum absolute atomic E-state index is 0.886. The number of nitrogens with zero attached hydrogens (tertiary/aromatic N) is 1. The monoisotopic (exact) mass is 248 g/mol. The third kappa shape index (κ3) is 4.09. The molecule has 2 rings (SSSR count). The van der Waals surface area contributed by atoms with Crippen LogP contribution >= 0.6 is 0 Å². The van der Waals surface area contributed by atoms with E-state index in [0.29, 0.717) is 0 Å². The highest BCUT2D eigenvalue weighted by Gasteiger charge is 2.08. The summed E-state index contributed by atoms with van der Waals surface area (Å²) in [7, 11) is 0. The van der Waals surface area contributed by atoms with Crippen LogP contribution in [0.4, 0.5) is 0 Å². The predicted molar refractivity (Wildman–Crippen MR) is 74.9 cm³/mol. The average molecular weight is 248 g/mol. The Morgan fingerprint density at radius 1 is 1.17 bits per heavy atom. The fourth-order valence-electron chi connectivity index (χ4n) is 2.21. The van der Waals surface area contributed by atoms with Gasteiger partial charge < -0.3 is 10.1 Å². The molecule has 0 unspecified atom stereocenters. The van der Waals surface area contributed by atoms with Crippen LogP contribution in [-0.2, 0) is 11.3 Å². The predicted octanol–water partition coefficient (Wildman–Crippen LogP) is 1.73. The average Bonchev–Trinajstić information content (AvgIpc) is 2.40. The number of ether oxygens (including phenoxy) is 1. The van der Waals surface area contributed by atoms with Crippen molar-refractivity contribution in [1.29, 1.82) is 0 Å². The normalized spacial score (nSPS) is 17.0. The zero-order valence-electron chi connectivity index (χ0n) is 11.5. The minimum atomic E-state index is 0.886. The van der Waals surface area contributed by atoms with Gasteiger partial charge >= 0.3 is 0 Å². The molecule has 0 spiro atoms. The number of hydrogen-bond acceptors (Lipinski definition) is 3. The van der Waals surface area contributed by atoms with Gasteiger partial charge in [0.2, 0.25) is 0 Å². The smallest absolute Gasteiger partial charge is 0.0594 e. The zero-order chi connectivity index (χ0) is 12.8. The maximum absolute atomic E-state index is 5.34. The molecule has 1 aromatic rings. The van der Waals surface area contributed by atoms with Crippen molar-refractivity contribution >= 4 is 0 Å². The van der Waals surface area contributed by atoms with Crippen molar-refractivity contribution in [3.05, 3.63) is 34.9 Å². The van der Waals surface area contributed by atoms with Crippen LogP contribution in [-0.4, -0.2) is 44.3 Å². The van der Waals surface area contributed by atoms with E-state index in [1.165, 1.54) is 16.7 Å². The molecule has 18 heavy (non-hydrogen) atoms. The number of hydrogen-bond donors (Lipinski definition) is 1. The molecule has 0 saturated carbocycles. The summed E-state index contributed by atoms with van der Waals surface area (Å²) in [5.74, 6) is 0. The lowest BCUT2D eigenvalue weighted by Gasteiger charge is -2.26. The van der Waals surface area contributed by atoms with E-state index in [-0.39, 0.29) is 0 Å². The molecular weight excluding hydrogens is 224 g/mol. The number of morpholine rings is 1. The lowest BCUT2D eigenvalue weighted by Crippen LogP contribution is -2.40. The number of rotatable bonds is 5. The van der Waals surface area contributed by atoms with Crippen molar-refractivity contribution < 1.29 is 4.74 Å². The van der Waals surface area contributed by atoms with Crippen LogP contribution in [0, 0.1) is 13.8 Å². The van der Waals surface area contributed by atoms with Crippen LogP contribution in [0.5, 0.6) is 0 Å². The highest BCUT2D eigenvalue weighted by atomic mass is 16.5. The Balaban J connectivity index is 1.66. The van der Waals surface area contributed by atoms with Crippen molar-refractivity contribution in [1.82, 2.24) is 10.2 Å². The van der Waals surface area contributed by atoms with Gasteiger partial charge in [-0.05, 0) is 30.5 Å². The van der Waals surface area contributed by atoms with Gasteiger partial charge in [-0.2, -0.15) is 0 Å². The molecule has 3 heteroatoms. The van der Waals surface area contributed by atoms with Gasteiger partial charge in [0.1, 0.15) is 0 Å². The van der Waals surface area contributed by atoms with E-state index < -0.39 is 0 Å². The molecule has 1 saturated heterocycles. The summed E-state index contributed by atoms with van der Waals surface area (Å²) >= 11 is 0. The molecular formula is C15H24N2O. The third-order valence-corrected chi connectivity index (χ3v) is 3.61. The lowest BCUT2D eigenvalue weighted by atomic mass is 10.1. The van der Waals surface area contributed by atoms with Gasteiger partial charge in [0.25, 0.3) is 0 Å². The fourth-order valence-corrected chi connectivity index (χ4v) is 2.21. The van der Waals surface area contributed by atoms with Crippen LogP contribution in [0.15, 0.2) is 18.2 Å². The maximum atomic E-state index is 5.34. The molecule has 0 aliphatic carbocycles. The van der Waals surface area contributed by atoms with E-state index in [9.17, 15) is 0 Å². The first-order valence-electron chi connectivity index (χ1n) is 6.82. The van der Waals surface area contributed by atoms with Gasteiger partial charge in [-0.3, -0.25) is 4.90 Å². The summed E-state index contributed by atoms with van der Waals surface area (Å²) in [4.78, 5) is 2.46. The molecule has 1 aliphatic rings. The van der Waals surface area contributed by atoms with Gasteiger partial charge in [-0.15, -0.1) is 0 Å². The summed E-state index contributed by atoms with van der Waals surface area (Å²) in [5, 5.41) is 3.51. The van der Waals surface area contributed by atoms with E-state index in [1.54, 1.807) is 0 Å². The van der Waals surface area contributed by atoms with Gasteiger partial charge in [0.15, 0.2) is 0 Å². The van der Waals surface area contributed by atoms with Gasteiger partial charge in [-0.25, -0.2) is 0 Å². The second-order valence-electron chi connectivity index (χ2n) is 5.05. The molecule has 0 radical (unpaired) electrons. The molecule has 0 atom stereocenters. The molecule has 3 nitrogen and oxygen atoms in total. The van der Waals surface area contributed by atoms with E-state index in [2.05, 4.69) is 42.3 Å². The van der Waals surface area contributed by atoms with E-state index in [1.807, 2.05) is 0 Å². The fraction of sp³-hybridized carbons (Fsp3) is 0.600. The molecule has 1 N–H and O–H groups in total. The summed E-state index contributed by atoms with van der Waals surface area (Å²) in [5.41, 5.74) is 4.12. The van der Waals surface area contributed by atoms with Crippen molar-refractivity contribution in [2.75, 3.05) is 39.4 Å². The van der Waals surface area contributed by atoms with E-state index >= 15 is 0 Å². The Labute approximate surface area is 110 Å². The second kappa shape index (κ2) is 6.88. The van der Waals surface area contributed by atoms with Crippen molar-refractivity contribution in [3.8, 4) is 0 Å². The first-order chi connectivity index (χ1) is 8.75. The minimum Gasteiger partial charge on any atom is -0.379 e. The zero-order valence-corrected chi connectivity index (χ0v) is 11.5. The quantitative estimate of drug-likeness (QED) is 0.803. The molecule has 1 heterocycles. The molecule has 1 aromatic carbocycles. The maximum Gasteiger partial charge on any atom is 0.0594 e.